The molecule has 2 fully saturated rings. The zero-order chi connectivity index (χ0) is 25.7. The van der Waals surface area contributed by atoms with Crippen LogP contribution >= 0.6 is 11.6 Å². The summed E-state index contributed by atoms with van der Waals surface area (Å²) in [5.74, 6) is 1.90. The van der Waals surface area contributed by atoms with Crippen LogP contribution in [0.15, 0.2) is 59.0 Å². The molecule has 37 heavy (non-hydrogen) atoms. The summed E-state index contributed by atoms with van der Waals surface area (Å²) in [5, 5.41) is 8.87. The topological polar surface area (TPSA) is 70.0 Å². The predicted octanol–water partition coefficient (Wildman–Crippen LogP) is 4.93. The minimum atomic E-state index is -4.37. The standard InChI is InChI=1S/C26H29ClF3N7/c1-2-18-20-13-36(17-11-22(27)34-31-12-17)14-21(20)23(18)32-25-33-24-19(8-3-4-9-37(24)35-25)15-6-5-7-16(10-15)26(28,29)30/h2,5-7,10-12,19-21,23,31,34H,3-4,8-9,13-14H2,1H3,(H,32,35)/b18-2+/t19?,20?,21?,23-/m1/s1. The van der Waals surface area contributed by atoms with Crippen molar-refractivity contribution in [2.75, 3.05) is 18.4 Å². The van der Waals surface area contributed by atoms with E-state index in [4.69, 9.17) is 21.7 Å². The smallest absolute Gasteiger partial charge is 0.369 e. The number of rotatable bonds is 4. The van der Waals surface area contributed by atoms with Crippen molar-refractivity contribution in [3.8, 4) is 0 Å². The molecule has 11 heteroatoms. The first-order valence-electron chi connectivity index (χ1n) is 12.7. The summed E-state index contributed by atoms with van der Waals surface area (Å²) < 4.78 is 42.0. The lowest BCUT2D eigenvalue weighted by atomic mass is 9.67. The molecule has 0 radical (unpaired) electrons. The second-order valence-corrected chi connectivity index (χ2v) is 10.5. The molecule has 0 spiro atoms. The molecular weight excluding hydrogens is 503 g/mol. The second kappa shape index (κ2) is 9.31. The van der Waals surface area contributed by atoms with Gasteiger partial charge in [-0.2, -0.15) is 18.2 Å². The van der Waals surface area contributed by atoms with Crippen molar-refractivity contribution in [3.05, 3.63) is 76.0 Å². The molecule has 4 atom stereocenters. The Hall–Kier alpha value is -3.14. The van der Waals surface area contributed by atoms with Gasteiger partial charge in [0.2, 0.25) is 5.95 Å². The van der Waals surface area contributed by atoms with Crippen LogP contribution in [-0.4, -0.2) is 38.8 Å². The summed E-state index contributed by atoms with van der Waals surface area (Å²) in [5.41, 5.74) is 8.24. The second-order valence-electron chi connectivity index (χ2n) is 10.1. The Balaban J connectivity index is 1.23. The molecule has 1 aliphatic carbocycles. The van der Waals surface area contributed by atoms with Crippen LogP contribution < -0.4 is 16.2 Å². The highest BCUT2D eigenvalue weighted by Gasteiger charge is 2.51. The van der Waals surface area contributed by atoms with Gasteiger partial charge in [-0.3, -0.25) is 5.43 Å². The number of likely N-dealkylation sites (tertiary alicyclic amines) is 1. The third-order valence-electron chi connectivity index (χ3n) is 7.99. The monoisotopic (exact) mass is 531 g/mol. The summed E-state index contributed by atoms with van der Waals surface area (Å²) in [4.78, 5) is 7.18. The van der Waals surface area contributed by atoms with Gasteiger partial charge in [-0.25, -0.2) is 4.68 Å². The summed E-state index contributed by atoms with van der Waals surface area (Å²) >= 11 is 6.14. The van der Waals surface area contributed by atoms with E-state index in [9.17, 15) is 13.2 Å². The van der Waals surface area contributed by atoms with E-state index in [0.717, 1.165) is 49.9 Å². The van der Waals surface area contributed by atoms with E-state index in [1.165, 1.54) is 17.7 Å². The summed E-state index contributed by atoms with van der Waals surface area (Å²) in [6.45, 7) is 4.57. The maximum absolute atomic E-state index is 13.4. The van der Waals surface area contributed by atoms with Crippen molar-refractivity contribution in [3.63, 3.8) is 0 Å². The van der Waals surface area contributed by atoms with Crippen LogP contribution in [0.4, 0.5) is 19.1 Å². The first-order valence-corrected chi connectivity index (χ1v) is 13.1. The van der Waals surface area contributed by atoms with E-state index in [2.05, 4.69) is 34.1 Å². The molecule has 4 heterocycles. The van der Waals surface area contributed by atoms with Gasteiger partial charge in [0.25, 0.3) is 0 Å². The number of halogens is 4. The Morgan fingerprint density at radius 2 is 2.08 bits per heavy atom. The van der Waals surface area contributed by atoms with Crippen LogP contribution in [0, 0.1) is 11.8 Å². The van der Waals surface area contributed by atoms with Gasteiger partial charge in [-0.1, -0.05) is 42.3 Å². The Morgan fingerprint density at radius 1 is 1.22 bits per heavy atom. The van der Waals surface area contributed by atoms with E-state index in [1.54, 1.807) is 6.07 Å². The molecule has 6 rings (SSSR count). The Labute approximate surface area is 218 Å². The number of anilines is 1. The molecule has 196 valence electrons. The number of aromatic nitrogens is 3. The molecular formula is C26H29ClF3N7. The number of hydrogen-bond acceptors (Lipinski definition) is 6. The van der Waals surface area contributed by atoms with E-state index < -0.39 is 11.7 Å². The summed E-state index contributed by atoms with van der Waals surface area (Å²) in [6, 6.07) is 5.75. The highest BCUT2D eigenvalue weighted by molar-refractivity contribution is 6.29. The van der Waals surface area contributed by atoms with Gasteiger partial charge in [0.1, 0.15) is 11.0 Å². The third-order valence-corrected chi connectivity index (χ3v) is 8.19. The molecule has 0 amide bonds. The predicted molar refractivity (Wildman–Crippen MR) is 135 cm³/mol. The molecule has 3 aliphatic heterocycles. The van der Waals surface area contributed by atoms with E-state index in [1.807, 2.05) is 17.0 Å². The number of nitrogens with one attached hydrogen (secondary N) is 3. The number of alkyl halides is 3. The fraction of sp³-hybridized carbons (Fsp3) is 0.462. The van der Waals surface area contributed by atoms with Gasteiger partial charge >= 0.3 is 6.18 Å². The van der Waals surface area contributed by atoms with Crippen molar-refractivity contribution < 1.29 is 13.2 Å². The lowest BCUT2D eigenvalue weighted by Gasteiger charge is -2.42. The summed E-state index contributed by atoms with van der Waals surface area (Å²) in [6.07, 6.45) is 4.21. The fourth-order valence-electron chi connectivity index (χ4n) is 6.21. The van der Waals surface area contributed by atoms with E-state index in [-0.39, 0.29) is 12.0 Å². The molecule has 1 aromatic heterocycles. The van der Waals surface area contributed by atoms with Gasteiger partial charge in [-0.05, 0) is 43.0 Å². The maximum Gasteiger partial charge on any atom is 0.416 e. The minimum absolute atomic E-state index is 0.119. The lowest BCUT2D eigenvalue weighted by Crippen LogP contribution is -2.48. The molecule has 2 aromatic rings. The molecule has 1 saturated heterocycles. The average Bonchev–Trinajstić information content (AvgIpc) is 3.39. The number of benzene rings is 1. The Kier molecular flexibility index (Phi) is 6.09. The van der Waals surface area contributed by atoms with Crippen LogP contribution in [0.25, 0.3) is 0 Å². The fourth-order valence-corrected chi connectivity index (χ4v) is 6.37. The quantitative estimate of drug-likeness (QED) is 0.384. The summed E-state index contributed by atoms with van der Waals surface area (Å²) in [7, 11) is 0. The largest absolute Gasteiger partial charge is 0.416 e. The van der Waals surface area contributed by atoms with Crippen molar-refractivity contribution in [1.82, 2.24) is 30.5 Å². The molecule has 1 saturated carbocycles. The van der Waals surface area contributed by atoms with Gasteiger partial charge in [0.05, 0.1) is 17.3 Å². The van der Waals surface area contributed by atoms with E-state index in [0.29, 0.717) is 35.0 Å². The number of nitrogens with zero attached hydrogens (tertiary/aromatic N) is 4. The van der Waals surface area contributed by atoms with Crippen LogP contribution in [0.2, 0.25) is 0 Å². The Morgan fingerprint density at radius 3 is 2.86 bits per heavy atom. The number of hydrazine groups is 1. The van der Waals surface area contributed by atoms with Crippen molar-refractivity contribution in [2.45, 2.75) is 50.9 Å². The molecule has 0 bridgehead atoms. The van der Waals surface area contributed by atoms with Crippen LogP contribution in [-0.2, 0) is 12.7 Å². The first-order chi connectivity index (χ1) is 17.8. The highest BCUT2D eigenvalue weighted by atomic mass is 35.5. The highest BCUT2D eigenvalue weighted by Crippen LogP contribution is 2.48. The van der Waals surface area contributed by atoms with Crippen molar-refractivity contribution in [1.29, 1.82) is 0 Å². The molecule has 1 aromatic carbocycles. The Bertz CT molecular complexity index is 1280. The molecule has 4 aliphatic rings. The van der Waals surface area contributed by atoms with E-state index >= 15 is 0 Å². The van der Waals surface area contributed by atoms with Crippen molar-refractivity contribution in [2.24, 2.45) is 11.8 Å². The zero-order valence-electron chi connectivity index (χ0n) is 20.4. The SMILES string of the molecule is C/C=C1\C2CN(C3=CNNC(Cl)=C3)CC2[C@@H]1Nc1nc2n(n1)CCCCC2c1cccc(C(F)(F)F)c1. The number of hydrogen-bond donors (Lipinski definition) is 3. The van der Waals surface area contributed by atoms with Gasteiger partial charge < -0.3 is 15.6 Å². The number of fused-ring (bicyclic) bond motifs is 2. The van der Waals surface area contributed by atoms with Crippen molar-refractivity contribution >= 4 is 17.5 Å². The lowest BCUT2D eigenvalue weighted by molar-refractivity contribution is -0.137. The molecule has 3 N–H and O–H groups in total. The normalized spacial score (nSPS) is 28.2. The number of aryl methyl sites for hydroxylation is 1. The van der Waals surface area contributed by atoms with Gasteiger partial charge in [0.15, 0.2) is 0 Å². The first kappa shape index (κ1) is 24.2. The van der Waals surface area contributed by atoms with Crippen LogP contribution in [0.3, 0.4) is 0 Å². The minimum Gasteiger partial charge on any atom is -0.369 e. The molecule has 3 unspecified atom stereocenters. The zero-order valence-corrected chi connectivity index (χ0v) is 21.2. The van der Waals surface area contributed by atoms with Gasteiger partial charge in [-0.15, -0.1) is 5.10 Å². The van der Waals surface area contributed by atoms with Crippen LogP contribution in [0.1, 0.15) is 49.1 Å². The molecule has 7 nitrogen and oxygen atoms in total. The maximum atomic E-state index is 13.4. The average molecular weight is 532 g/mol. The van der Waals surface area contributed by atoms with Crippen LogP contribution in [0.5, 0.6) is 0 Å². The number of allylic oxidation sites excluding steroid dienone is 2. The van der Waals surface area contributed by atoms with Gasteiger partial charge in [0, 0.05) is 43.6 Å². The third kappa shape index (κ3) is 4.45.